The van der Waals surface area contributed by atoms with Crippen LogP contribution in [0.5, 0.6) is 0 Å². The third-order valence-corrected chi connectivity index (χ3v) is 5.77. The average Bonchev–Trinajstić information content (AvgIpc) is 3.19. The molecule has 1 atom stereocenters. The monoisotopic (exact) mass is 434 g/mol. The van der Waals surface area contributed by atoms with Crippen molar-refractivity contribution < 1.29 is 9.90 Å². The Morgan fingerprint density at radius 1 is 1.31 bits per heavy atom. The Balaban J connectivity index is 1.53. The van der Waals surface area contributed by atoms with Crippen LogP contribution in [0.1, 0.15) is 29.2 Å². The summed E-state index contributed by atoms with van der Waals surface area (Å²) in [6.45, 7) is 2.08. The molecule has 1 aromatic carbocycles. The predicted molar refractivity (Wildman–Crippen MR) is 124 cm³/mol. The fraction of sp³-hybridized carbons (Fsp3) is 0.375. The Morgan fingerprint density at radius 2 is 2.12 bits per heavy atom. The maximum Gasteiger partial charge on any atom is 0.246 e. The Morgan fingerprint density at radius 3 is 2.88 bits per heavy atom. The quantitative estimate of drug-likeness (QED) is 0.529. The van der Waals surface area contributed by atoms with Gasteiger partial charge in [0.15, 0.2) is 5.82 Å². The number of aromatic nitrogens is 3. The van der Waals surface area contributed by atoms with E-state index in [0.717, 1.165) is 41.6 Å². The van der Waals surface area contributed by atoms with E-state index in [0.29, 0.717) is 18.9 Å². The standard InChI is InChI=1S/C24H30N6O2/c1-28(2)12-7-6-10-22(32)29-13-11-20-19(14-29)15-30-23(20)24(25-17-26-30)27-21(16-31)18-8-4-3-5-9-18/h3-6,8-10,15,17,21,31H,7,11-14,16H2,1-2H3,(H,25,26,27)/b10-6+/t21-/m1/s1. The molecule has 32 heavy (non-hydrogen) atoms. The SMILES string of the molecule is CN(C)CC/C=C/C(=O)N1CCc2c(cn3ncnc(N[C@H](CO)c4ccccc4)c23)C1. The molecule has 3 aromatic rings. The molecule has 8 nitrogen and oxygen atoms in total. The summed E-state index contributed by atoms with van der Waals surface area (Å²) in [4.78, 5) is 21.1. The largest absolute Gasteiger partial charge is 0.394 e. The molecule has 1 aliphatic heterocycles. The van der Waals surface area contributed by atoms with Gasteiger partial charge in [0.1, 0.15) is 11.8 Å². The molecule has 3 heterocycles. The first-order chi connectivity index (χ1) is 15.6. The summed E-state index contributed by atoms with van der Waals surface area (Å²) in [5.41, 5.74) is 4.13. The molecule has 0 unspecified atom stereocenters. The van der Waals surface area contributed by atoms with Crippen LogP contribution in [0.2, 0.25) is 0 Å². The molecule has 0 spiro atoms. The van der Waals surface area contributed by atoms with Crippen LogP contribution in [0.15, 0.2) is 55.0 Å². The number of fused-ring (bicyclic) bond motifs is 3. The van der Waals surface area contributed by atoms with Crippen molar-refractivity contribution >= 4 is 17.2 Å². The maximum absolute atomic E-state index is 12.6. The topological polar surface area (TPSA) is 86.0 Å². The van der Waals surface area contributed by atoms with Crippen molar-refractivity contribution in [3.8, 4) is 0 Å². The van der Waals surface area contributed by atoms with Crippen LogP contribution in [0, 0.1) is 0 Å². The number of hydrogen-bond donors (Lipinski definition) is 2. The zero-order chi connectivity index (χ0) is 22.5. The number of rotatable bonds is 8. The van der Waals surface area contributed by atoms with E-state index >= 15 is 0 Å². The van der Waals surface area contributed by atoms with E-state index in [2.05, 4.69) is 20.3 Å². The number of anilines is 1. The number of carbonyl (C=O) groups is 1. The molecule has 2 aromatic heterocycles. The third-order valence-electron chi connectivity index (χ3n) is 5.77. The van der Waals surface area contributed by atoms with E-state index in [-0.39, 0.29) is 18.6 Å². The first-order valence-electron chi connectivity index (χ1n) is 10.9. The number of aliphatic hydroxyl groups excluding tert-OH is 1. The normalized spacial score (nSPS) is 14.8. The first-order valence-corrected chi connectivity index (χ1v) is 10.9. The van der Waals surface area contributed by atoms with E-state index in [4.69, 9.17) is 0 Å². The minimum absolute atomic E-state index is 0.0403. The highest BCUT2D eigenvalue weighted by Crippen LogP contribution is 2.30. The lowest BCUT2D eigenvalue weighted by molar-refractivity contribution is -0.126. The van der Waals surface area contributed by atoms with E-state index < -0.39 is 0 Å². The number of aliphatic hydroxyl groups is 1. The molecular weight excluding hydrogens is 404 g/mol. The lowest BCUT2D eigenvalue weighted by Crippen LogP contribution is -2.34. The van der Waals surface area contributed by atoms with Crippen molar-refractivity contribution in [3.05, 3.63) is 71.7 Å². The van der Waals surface area contributed by atoms with E-state index in [1.165, 1.54) is 6.33 Å². The van der Waals surface area contributed by atoms with Crippen LogP contribution in [-0.2, 0) is 17.8 Å². The molecule has 4 rings (SSSR count). The smallest absolute Gasteiger partial charge is 0.246 e. The number of amides is 1. The summed E-state index contributed by atoms with van der Waals surface area (Å²) in [7, 11) is 4.04. The van der Waals surface area contributed by atoms with Gasteiger partial charge in [0, 0.05) is 25.8 Å². The fourth-order valence-corrected chi connectivity index (χ4v) is 4.07. The second-order valence-corrected chi connectivity index (χ2v) is 8.33. The van der Waals surface area contributed by atoms with Crippen LogP contribution in [0.4, 0.5) is 5.82 Å². The van der Waals surface area contributed by atoms with Gasteiger partial charge in [0.25, 0.3) is 0 Å². The van der Waals surface area contributed by atoms with E-state index in [1.54, 1.807) is 6.08 Å². The van der Waals surface area contributed by atoms with Gasteiger partial charge in [0.05, 0.1) is 12.6 Å². The average molecular weight is 435 g/mol. The molecule has 0 fully saturated rings. The molecule has 8 heteroatoms. The molecule has 168 valence electrons. The Kier molecular flexibility index (Phi) is 6.82. The Bertz CT molecular complexity index is 1090. The highest BCUT2D eigenvalue weighted by Gasteiger charge is 2.25. The van der Waals surface area contributed by atoms with Gasteiger partial charge in [0.2, 0.25) is 5.91 Å². The Labute approximate surface area is 188 Å². The summed E-state index contributed by atoms with van der Waals surface area (Å²) in [6.07, 6.45) is 8.70. The molecule has 0 aliphatic carbocycles. The molecule has 1 aliphatic rings. The number of hydrogen-bond acceptors (Lipinski definition) is 6. The van der Waals surface area contributed by atoms with Crippen molar-refractivity contribution in [2.24, 2.45) is 0 Å². The number of carbonyl (C=O) groups excluding carboxylic acids is 1. The molecule has 0 radical (unpaired) electrons. The maximum atomic E-state index is 12.6. The van der Waals surface area contributed by atoms with Gasteiger partial charge < -0.3 is 20.2 Å². The summed E-state index contributed by atoms with van der Waals surface area (Å²) in [5.74, 6) is 0.728. The van der Waals surface area contributed by atoms with Gasteiger partial charge in [-0.25, -0.2) is 9.50 Å². The number of nitrogens with zero attached hydrogens (tertiary/aromatic N) is 5. The third kappa shape index (κ3) is 4.81. The molecule has 2 N–H and O–H groups in total. The molecule has 0 saturated heterocycles. The van der Waals surface area contributed by atoms with Crippen LogP contribution >= 0.6 is 0 Å². The summed E-state index contributed by atoms with van der Waals surface area (Å²) in [6, 6.07) is 9.55. The van der Waals surface area contributed by atoms with Crippen molar-refractivity contribution in [2.45, 2.75) is 25.4 Å². The molecule has 0 saturated carbocycles. The minimum Gasteiger partial charge on any atom is -0.394 e. The number of benzene rings is 1. The Hall–Kier alpha value is -3.23. The van der Waals surface area contributed by atoms with Crippen molar-refractivity contribution in [1.29, 1.82) is 0 Å². The highest BCUT2D eigenvalue weighted by molar-refractivity contribution is 5.88. The number of nitrogens with one attached hydrogen (secondary N) is 1. The first kappa shape index (κ1) is 22.0. The van der Waals surface area contributed by atoms with Gasteiger partial charge in [-0.3, -0.25) is 4.79 Å². The van der Waals surface area contributed by atoms with E-state index in [9.17, 15) is 9.90 Å². The van der Waals surface area contributed by atoms with Gasteiger partial charge in [-0.1, -0.05) is 36.4 Å². The zero-order valence-electron chi connectivity index (χ0n) is 18.6. The van der Waals surface area contributed by atoms with Crippen LogP contribution in [0.3, 0.4) is 0 Å². The van der Waals surface area contributed by atoms with Crippen molar-refractivity contribution in [2.75, 3.05) is 39.1 Å². The van der Waals surface area contributed by atoms with Crippen molar-refractivity contribution in [3.63, 3.8) is 0 Å². The van der Waals surface area contributed by atoms with Gasteiger partial charge in [-0.2, -0.15) is 5.10 Å². The lowest BCUT2D eigenvalue weighted by atomic mass is 10.0. The van der Waals surface area contributed by atoms with E-state index in [1.807, 2.05) is 66.1 Å². The minimum atomic E-state index is -0.269. The second kappa shape index (κ2) is 9.93. The molecular formula is C24H30N6O2. The highest BCUT2D eigenvalue weighted by atomic mass is 16.3. The van der Waals surface area contributed by atoms with Crippen molar-refractivity contribution in [1.82, 2.24) is 24.4 Å². The summed E-state index contributed by atoms with van der Waals surface area (Å²) < 4.78 is 1.82. The fourth-order valence-electron chi connectivity index (χ4n) is 4.07. The van der Waals surface area contributed by atoms with Gasteiger partial charge >= 0.3 is 0 Å². The van der Waals surface area contributed by atoms with Crippen LogP contribution in [0.25, 0.3) is 5.52 Å². The van der Waals surface area contributed by atoms with Gasteiger partial charge in [-0.05, 0) is 49.7 Å². The molecule has 1 amide bonds. The lowest BCUT2D eigenvalue weighted by Gasteiger charge is -2.26. The molecule has 0 bridgehead atoms. The van der Waals surface area contributed by atoms with Crippen LogP contribution < -0.4 is 5.32 Å². The predicted octanol–water partition coefficient (Wildman–Crippen LogP) is 2.27. The second-order valence-electron chi connectivity index (χ2n) is 8.33. The zero-order valence-corrected chi connectivity index (χ0v) is 18.6. The summed E-state index contributed by atoms with van der Waals surface area (Å²) in [5, 5.41) is 17.7. The van der Waals surface area contributed by atoms with Gasteiger partial charge in [-0.15, -0.1) is 0 Å². The summed E-state index contributed by atoms with van der Waals surface area (Å²) >= 11 is 0. The van der Waals surface area contributed by atoms with Crippen LogP contribution in [-0.4, -0.2) is 69.2 Å².